The van der Waals surface area contributed by atoms with Crippen LogP contribution in [-0.4, -0.2) is 27.6 Å². The molecular weight excluding hydrogens is 451 g/mol. The van der Waals surface area contributed by atoms with Crippen molar-refractivity contribution in [2.24, 2.45) is 0 Å². The van der Waals surface area contributed by atoms with Crippen molar-refractivity contribution in [1.29, 1.82) is 0 Å². The normalized spacial score (nSPS) is 19.8. The van der Waals surface area contributed by atoms with Gasteiger partial charge in [0, 0.05) is 0 Å². The summed E-state index contributed by atoms with van der Waals surface area (Å²) in [4.78, 5) is 0. The highest BCUT2D eigenvalue weighted by Gasteiger charge is 2.50. The van der Waals surface area contributed by atoms with E-state index < -0.39 is 8.32 Å². The smallest absolute Gasteiger partial charge is 0.261 e. The summed E-state index contributed by atoms with van der Waals surface area (Å²) < 4.78 is 15.0. The zero-order valence-corrected chi connectivity index (χ0v) is 18.9. The van der Waals surface area contributed by atoms with Crippen LogP contribution >= 0.6 is 22.6 Å². The monoisotopic (exact) mass is 478 g/mol. The minimum Gasteiger partial charge on any atom is -0.405 e. The van der Waals surface area contributed by atoms with E-state index >= 15 is 0 Å². The fourth-order valence-corrected chi connectivity index (χ4v) is 8.82. The van der Waals surface area contributed by atoms with Crippen molar-refractivity contribution in [1.82, 2.24) is 0 Å². The molecule has 3 rings (SSSR count). The predicted octanol–water partition coefficient (Wildman–Crippen LogP) is 4.67. The second-order valence-electron chi connectivity index (χ2n) is 7.88. The summed E-state index contributed by atoms with van der Waals surface area (Å²) in [5.41, 5.74) is 1.36. The molecule has 0 N–H and O–H groups in total. The molecule has 26 heavy (non-hydrogen) atoms. The molecule has 2 nitrogen and oxygen atoms in total. The van der Waals surface area contributed by atoms with Gasteiger partial charge in [0.1, 0.15) is 0 Å². The Bertz CT molecular complexity index is 698. The van der Waals surface area contributed by atoms with E-state index in [0.717, 1.165) is 13.0 Å². The van der Waals surface area contributed by atoms with Crippen molar-refractivity contribution < 1.29 is 9.16 Å². The lowest BCUT2D eigenvalue weighted by molar-refractivity contribution is 0.0658. The first kappa shape index (κ1) is 19.8. The SMILES string of the molecule is CC(C)(C)[Si](OC[C@H]1C/C(=C\I)CO1)(c1ccccc1)c1ccccc1. The first-order valence-corrected chi connectivity index (χ1v) is 12.3. The van der Waals surface area contributed by atoms with E-state index in [1.807, 2.05) is 0 Å². The van der Waals surface area contributed by atoms with Gasteiger partial charge in [-0.1, -0.05) is 104 Å². The minimum atomic E-state index is -2.45. The zero-order chi connectivity index (χ0) is 18.6. The highest BCUT2D eigenvalue weighted by Crippen LogP contribution is 2.37. The average molecular weight is 478 g/mol. The average Bonchev–Trinajstić information content (AvgIpc) is 3.11. The molecular formula is C22H27IO2Si. The van der Waals surface area contributed by atoms with Gasteiger partial charge in [-0.05, 0) is 31.5 Å². The van der Waals surface area contributed by atoms with Crippen molar-refractivity contribution in [3.63, 3.8) is 0 Å². The van der Waals surface area contributed by atoms with Crippen molar-refractivity contribution in [2.45, 2.75) is 38.3 Å². The first-order valence-electron chi connectivity index (χ1n) is 9.12. The molecule has 1 saturated heterocycles. The van der Waals surface area contributed by atoms with Gasteiger partial charge in [0.2, 0.25) is 0 Å². The summed E-state index contributed by atoms with van der Waals surface area (Å²) in [5, 5.41) is 2.65. The van der Waals surface area contributed by atoms with E-state index in [9.17, 15) is 0 Å². The number of hydrogen-bond acceptors (Lipinski definition) is 2. The lowest BCUT2D eigenvalue weighted by Crippen LogP contribution is -2.67. The lowest BCUT2D eigenvalue weighted by atomic mass is 10.2. The van der Waals surface area contributed by atoms with Gasteiger partial charge in [-0.15, -0.1) is 0 Å². The van der Waals surface area contributed by atoms with E-state index in [1.54, 1.807) is 0 Å². The Morgan fingerprint density at radius 2 is 1.58 bits per heavy atom. The molecule has 0 amide bonds. The summed E-state index contributed by atoms with van der Waals surface area (Å²) in [5.74, 6) is 0. The van der Waals surface area contributed by atoms with Crippen LogP contribution < -0.4 is 10.4 Å². The third kappa shape index (κ3) is 3.98. The van der Waals surface area contributed by atoms with Crippen molar-refractivity contribution in [3.8, 4) is 0 Å². The van der Waals surface area contributed by atoms with Gasteiger partial charge >= 0.3 is 0 Å². The molecule has 0 saturated carbocycles. The molecule has 0 bridgehead atoms. The molecule has 0 unspecified atom stereocenters. The van der Waals surface area contributed by atoms with E-state index in [4.69, 9.17) is 9.16 Å². The molecule has 0 aliphatic carbocycles. The van der Waals surface area contributed by atoms with Crippen molar-refractivity contribution in [2.75, 3.05) is 13.2 Å². The summed E-state index contributed by atoms with van der Waals surface area (Å²) in [6.07, 6.45) is 1.12. The Kier molecular flexibility index (Phi) is 6.38. The first-order chi connectivity index (χ1) is 12.5. The maximum absolute atomic E-state index is 6.93. The molecule has 2 aromatic carbocycles. The number of ether oxygens (including phenoxy) is 1. The highest BCUT2D eigenvalue weighted by molar-refractivity contribution is 14.1. The van der Waals surface area contributed by atoms with Gasteiger partial charge in [-0.25, -0.2) is 0 Å². The van der Waals surface area contributed by atoms with Gasteiger partial charge < -0.3 is 9.16 Å². The van der Waals surface area contributed by atoms with Crippen LogP contribution in [0.25, 0.3) is 0 Å². The maximum atomic E-state index is 6.93. The van der Waals surface area contributed by atoms with Crippen LogP contribution in [0.4, 0.5) is 0 Å². The van der Waals surface area contributed by atoms with Gasteiger partial charge in [0.15, 0.2) is 0 Å². The second kappa shape index (κ2) is 8.38. The Labute approximate surface area is 171 Å². The molecule has 1 aliphatic rings. The molecule has 138 valence electrons. The van der Waals surface area contributed by atoms with E-state index in [-0.39, 0.29) is 11.1 Å². The lowest BCUT2D eigenvalue weighted by Gasteiger charge is -2.43. The molecule has 2 aromatic rings. The van der Waals surface area contributed by atoms with Crippen LogP contribution in [0.5, 0.6) is 0 Å². The van der Waals surface area contributed by atoms with Gasteiger partial charge in [0.05, 0.1) is 19.3 Å². The number of halogens is 1. The van der Waals surface area contributed by atoms with E-state index in [1.165, 1.54) is 15.9 Å². The van der Waals surface area contributed by atoms with Gasteiger partial charge in [-0.3, -0.25) is 0 Å². The zero-order valence-electron chi connectivity index (χ0n) is 15.7. The van der Waals surface area contributed by atoms with Crippen LogP contribution in [0.3, 0.4) is 0 Å². The number of hydrogen-bond donors (Lipinski definition) is 0. The van der Waals surface area contributed by atoms with Crippen molar-refractivity contribution in [3.05, 3.63) is 70.3 Å². The minimum absolute atomic E-state index is 0.0102. The fourth-order valence-electron chi connectivity index (χ4n) is 3.80. The van der Waals surface area contributed by atoms with Gasteiger partial charge in [-0.2, -0.15) is 0 Å². The van der Waals surface area contributed by atoms with Crippen LogP contribution in [0.1, 0.15) is 27.2 Å². The quantitative estimate of drug-likeness (QED) is 0.460. The third-order valence-electron chi connectivity index (χ3n) is 5.05. The molecule has 1 heterocycles. The van der Waals surface area contributed by atoms with E-state index in [2.05, 4.69) is 108 Å². The summed E-state index contributed by atoms with van der Waals surface area (Å²) >= 11 is 2.30. The molecule has 0 aromatic heterocycles. The Balaban J connectivity index is 2.00. The number of rotatable bonds is 5. The Hall–Kier alpha value is -0.953. The fraction of sp³-hybridized carbons (Fsp3) is 0.364. The van der Waals surface area contributed by atoms with Crippen LogP contribution in [0.15, 0.2) is 70.3 Å². The molecule has 1 fully saturated rings. The molecule has 4 heteroatoms. The highest BCUT2D eigenvalue weighted by atomic mass is 127. The second-order valence-corrected chi connectivity index (χ2v) is 12.8. The molecule has 0 spiro atoms. The van der Waals surface area contributed by atoms with Gasteiger partial charge in [0.25, 0.3) is 8.32 Å². The third-order valence-corrected chi connectivity index (χ3v) is 10.9. The largest absolute Gasteiger partial charge is 0.405 e. The molecule has 0 radical (unpaired) electrons. The summed E-state index contributed by atoms with van der Waals surface area (Å²) in [7, 11) is -2.45. The van der Waals surface area contributed by atoms with Crippen LogP contribution in [-0.2, 0) is 9.16 Å². The predicted molar refractivity (Wildman–Crippen MR) is 120 cm³/mol. The van der Waals surface area contributed by atoms with E-state index in [0.29, 0.717) is 6.61 Å². The van der Waals surface area contributed by atoms with Crippen LogP contribution in [0.2, 0.25) is 5.04 Å². The molecule has 1 atom stereocenters. The Morgan fingerprint density at radius 1 is 1.04 bits per heavy atom. The number of benzene rings is 2. The topological polar surface area (TPSA) is 18.5 Å². The van der Waals surface area contributed by atoms with Crippen molar-refractivity contribution >= 4 is 41.3 Å². The maximum Gasteiger partial charge on any atom is 0.261 e. The summed E-state index contributed by atoms with van der Waals surface area (Å²) in [6.45, 7) is 8.31. The standard InChI is InChI=1S/C22H27IO2Si/c1-22(2,3)26(20-10-6-4-7-11-20,21-12-8-5-9-13-21)25-17-19-14-18(15-23)16-24-19/h4-13,15,19H,14,16-17H2,1-3H3/b18-15+/t19-/m1/s1. The van der Waals surface area contributed by atoms with Crippen LogP contribution in [0, 0.1) is 0 Å². The Morgan fingerprint density at radius 3 is 2.00 bits per heavy atom. The molecule has 1 aliphatic heterocycles. The summed E-state index contributed by atoms with van der Waals surface area (Å²) in [6, 6.07) is 21.6.